The molecular weight excluding hydrogens is 384 g/mol. The molecule has 0 bridgehead atoms. The topological polar surface area (TPSA) is 83.6 Å². The molecule has 0 saturated carbocycles. The first-order chi connectivity index (χ1) is 13.5. The maximum absolute atomic E-state index is 14.4. The molecule has 0 spiro atoms. The van der Waals surface area contributed by atoms with Crippen LogP contribution in [0.4, 0.5) is 14.6 Å². The minimum absolute atomic E-state index is 0.173. The van der Waals surface area contributed by atoms with Crippen molar-refractivity contribution in [2.24, 2.45) is 0 Å². The van der Waals surface area contributed by atoms with E-state index in [9.17, 15) is 13.6 Å². The van der Waals surface area contributed by atoms with Crippen LogP contribution < -0.4 is 5.32 Å². The van der Waals surface area contributed by atoms with Crippen LogP contribution in [-0.4, -0.2) is 25.8 Å². The standard InChI is InChI=1S/C19H13F2N5OS/c1-10(27)25-15-8-11(4-5-22-15)19-26-16(13-3-2-12(20)9-14(13)21)17(28-19)18-23-6-7-24-18/h2-9H,1H3,(H,23,24)(H,22,25,27). The Hall–Kier alpha value is -3.46. The quantitative estimate of drug-likeness (QED) is 0.531. The zero-order valence-electron chi connectivity index (χ0n) is 14.5. The first-order valence-corrected chi connectivity index (χ1v) is 9.03. The third-order valence-electron chi connectivity index (χ3n) is 3.84. The molecule has 140 valence electrons. The molecule has 9 heteroatoms. The monoisotopic (exact) mass is 397 g/mol. The first kappa shape index (κ1) is 17.9. The van der Waals surface area contributed by atoms with Crippen LogP contribution in [0, 0.1) is 11.6 Å². The molecule has 3 aromatic heterocycles. The maximum atomic E-state index is 14.4. The van der Waals surface area contributed by atoms with Gasteiger partial charge in [-0.1, -0.05) is 0 Å². The Morgan fingerprint density at radius 3 is 2.71 bits per heavy atom. The van der Waals surface area contributed by atoms with E-state index in [2.05, 4.69) is 25.3 Å². The Bertz CT molecular complexity index is 1160. The van der Waals surface area contributed by atoms with Crippen LogP contribution in [0.25, 0.3) is 32.5 Å². The average molecular weight is 397 g/mol. The van der Waals surface area contributed by atoms with Crippen LogP contribution in [0.1, 0.15) is 6.92 Å². The number of benzene rings is 1. The number of pyridine rings is 1. The van der Waals surface area contributed by atoms with Gasteiger partial charge in [-0.05, 0) is 24.3 Å². The Balaban J connectivity index is 1.86. The summed E-state index contributed by atoms with van der Waals surface area (Å²) in [7, 11) is 0. The number of imidazole rings is 1. The number of carbonyl (C=O) groups excluding carboxylic acids is 1. The first-order valence-electron chi connectivity index (χ1n) is 8.21. The highest BCUT2D eigenvalue weighted by atomic mass is 32.1. The van der Waals surface area contributed by atoms with Gasteiger partial charge >= 0.3 is 0 Å². The highest BCUT2D eigenvalue weighted by Crippen LogP contribution is 2.40. The zero-order valence-corrected chi connectivity index (χ0v) is 15.3. The van der Waals surface area contributed by atoms with Crippen molar-refractivity contribution >= 4 is 23.1 Å². The van der Waals surface area contributed by atoms with Gasteiger partial charge in [-0.25, -0.2) is 23.7 Å². The van der Waals surface area contributed by atoms with Gasteiger partial charge in [0.05, 0.1) is 10.6 Å². The molecule has 0 radical (unpaired) electrons. The highest BCUT2D eigenvalue weighted by molar-refractivity contribution is 7.18. The molecule has 0 aliphatic rings. The van der Waals surface area contributed by atoms with Crippen LogP contribution in [0.5, 0.6) is 0 Å². The summed E-state index contributed by atoms with van der Waals surface area (Å²) in [5.74, 6) is -0.703. The summed E-state index contributed by atoms with van der Waals surface area (Å²) in [5, 5.41) is 3.20. The van der Waals surface area contributed by atoms with Crippen molar-refractivity contribution in [3.05, 3.63) is 60.6 Å². The van der Waals surface area contributed by atoms with Gasteiger partial charge in [0.1, 0.15) is 28.3 Å². The molecule has 0 aliphatic carbocycles. The molecule has 4 rings (SSSR count). The Labute approximate surface area is 162 Å². The van der Waals surface area contributed by atoms with Crippen LogP contribution in [-0.2, 0) is 4.79 Å². The lowest BCUT2D eigenvalue weighted by Gasteiger charge is -2.03. The summed E-state index contributed by atoms with van der Waals surface area (Å²) < 4.78 is 27.8. The van der Waals surface area contributed by atoms with E-state index in [0.717, 1.165) is 6.07 Å². The number of nitrogens with one attached hydrogen (secondary N) is 2. The van der Waals surface area contributed by atoms with E-state index in [0.29, 0.717) is 32.8 Å². The van der Waals surface area contributed by atoms with Gasteiger partial charge in [0.25, 0.3) is 0 Å². The number of thiazole rings is 1. The number of rotatable bonds is 4. The van der Waals surface area contributed by atoms with Crippen molar-refractivity contribution in [3.63, 3.8) is 0 Å². The smallest absolute Gasteiger partial charge is 0.222 e. The summed E-state index contributed by atoms with van der Waals surface area (Å²) in [6.07, 6.45) is 4.79. The van der Waals surface area contributed by atoms with Gasteiger partial charge in [0.15, 0.2) is 0 Å². The molecule has 0 fully saturated rings. The van der Waals surface area contributed by atoms with Crippen LogP contribution in [0.3, 0.4) is 0 Å². The predicted molar refractivity (Wildman–Crippen MR) is 103 cm³/mol. The minimum atomic E-state index is -0.710. The fourth-order valence-corrected chi connectivity index (χ4v) is 3.71. The van der Waals surface area contributed by atoms with Crippen molar-refractivity contribution in [3.8, 4) is 32.5 Å². The van der Waals surface area contributed by atoms with E-state index in [1.807, 2.05) is 0 Å². The van der Waals surface area contributed by atoms with Gasteiger partial charge in [-0.3, -0.25) is 4.79 Å². The number of anilines is 1. The third-order valence-corrected chi connectivity index (χ3v) is 4.95. The molecule has 2 N–H and O–H groups in total. The largest absolute Gasteiger partial charge is 0.344 e. The molecule has 1 amide bonds. The Kier molecular flexibility index (Phi) is 4.66. The summed E-state index contributed by atoms with van der Waals surface area (Å²) in [6.45, 7) is 1.39. The number of H-pyrrole nitrogens is 1. The molecule has 4 aromatic rings. The zero-order chi connectivity index (χ0) is 19.7. The molecular formula is C19H13F2N5OS. The van der Waals surface area contributed by atoms with Crippen LogP contribution in [0.15, 0.2) is 48.9 Å². The van der Waals surface area contributed by atoms with Crippen molar-refractivity contribution < 1.29 is 13.6 Å². The lowest BCUT2D eigenvalue weighted by atomic mass is 10.1. The molecule has 0 unspecified atom stereocenters. The Morgan fingerprint density at radius 2 is 2.00 bits per heavy atom. The van der Waals surface area contributed by atoms with Crippen molar-refractivity contribution in [2.75, 3.05) is 5.32 Å². The molecule has 1 aromatic carbocycles. The Morgan fingerprint density at radius 1 is 1.14 bits per heavy atom. The lowest BCUT2D eigenvalue weighted by Crippen LogP contribution is -2.07. The van der Waals surface area contributed by atoms with E-state index in [1.165, 1.54) is 30.4 Å². The van der Waals surface area contributed by atoms with Gasteiger partial charge in [-0.15, -0.1) is 11.3 Å². The minimum Gasteiger partial charge on any atom is -0.344 e. The molecule has 0 atom stereocenters. The average Bonchev–Trinajstić information content (AvgIpc) is 3.31. The van der Waals surface area contributed by atoms with Gasteiger partial charge in [-0.2, -0.15) is 0 Å². The number of aromatic amines is 1. The fraction of sp³-hybridized carbons (Fsp3) is 0.0526. The summed E-state index contributed by atoms with van der Waals surface area (Å²) in [6, 6.07) is 6.77. The molecule has 28 heavy (non-hydrogen) atoms. The van der Waals surface area contributed by atoms with Crippen molar-refractivity contribution in [1.82, 2.24) is 19.9 Å². The maximum Gasteiger partial charge on any atom is 0.222 e. The van der Waals surface area contributed by atoms with Gasteiger partial charge in [0, 0.05) is 42.7 Å². The number of hydrogen-bond donors (Lipinski definition) is 2. The van der Waals surface area contributed by atoms with Gasteiger partial charge in [0.2, 0.25) is 5.91 Å². The van der Waals surface area contributed by atoms with Crippen molar-refractivity contribution in [2.45, 2.75) is 6.92 Å². The van der Waals surface area contributed by atoms with E-state index in [1.54, 1.807) is 30.7 Å². The molecule has 3 heterocycles. The summed E-state index contributed by atoms with van der Waals surface area (Å²) in [5.41, 5.74) is 1.22. The van der Waals surface area contributed by atoms with Crippen molar-refractivity contribution in [1.29, 1.82) is 0 Å². The van der Waals surface area contributed by atoms with E-state index < -0.39 is 11.6 Å². The van der Waals surface area contributed by atoms with Crippen LogP contribution in [0.2, 0.25) is 0 Å². The summed E-state index contributed by atoms with van der Waals surface area (Å²) >= 11 is 1.30. The second kappa shape index (κ2) is 7.28. The highest BCUT2D eigenvalue weighted by Gasteiger charge is 2.20. The fourth-order valence-electron chi connectivity index (χ4n) is 2.67. The molecule has 6 nitrogen and oxygen atoms in total. The van der Waals surface area contributed by atoms with E-state index in [-0.39, 0.29) is 11.5 Å². The number of hydrogen-bond acceptors (Lipinski definition) is 5. The third kappa shape index (κ3) is 3.52. The number of carbonyl (C=O) groups is 1. The lowest BCUT2D eigenvalue weighted by molar-refractivity contribution is -0.114. The summed E-state index contributed by atoms with van der Waals surface area (Å²) in [4.78, 5) is 27.8. The second-order valence-corrected chi connectivity index (χ2v) is 6.87. The second-order valence-electron chi connectivity index (χ2n) is 5.87. The normalized spacial score (nSPS) is 10.8. The molecule has 0 saturated heterocycles. The number of halogens is 2. The van der Waals surface area contributed by atoms with E-state index in [4.69, 9.17) is 0 Å². The van der Waals surface area contributed by atoms with Gasteiger partial charge < -0.3 is 10.3 Å². The molecule has 0 aliphatic heterocycles. The predicted octanol–water partition coefficient (Wildman–Crippen LogP) is 4.50. The number of aromatic nitrogens is 4. The van der Waals surface area contributed by atoms with Crippen LogP contribution >= 0.6 is 11.3 Å². The SMILES string of the molecule is CC(=O)Nc1cc(-c2nc(-c3ccc(F)cc3F)c(-c3ncc[nH]3)s2)ccn1. The van der Waals surface area contributed by atoms with E-state index >= 15 is 0 Å². The number of amides is 1. The number of nitrogens with zero attached hydrogens (tertiary/aromatic N) is 3.